The van der Waals surface area contributed by atoms with Crippen LogP contribution < -0.4 is 5.32 Å². The summed E-state index contributed by atoms with van der Waals surface area (Å²) in [5.74, 6) is -0.665. The van der Waals surface area contributed by atoms with Crippen molar-refractivity contribution < 1.29 is 14.3 Å². The van der Waals surface area contributed by atoms with E-state index in [1.807, 2.05) is 18.4 Å². The number of anilines is 1. The van der Waals surface area contributed by atoms with Crippen LogP contribution in [0.25, 0.3) is 0 Å². The zero-order valence-electron chi connectivity index (χ0n) is 11.7. The molecular formula is C15H16N2O3S. The summed E-state index contributed by atoms with van der Waals surface area (Å²) in [5.41, 5.74) is 1.51. The van der Waals surface area contributed by atoms with Crippen molar-refractivity contribution >= 4 is 29.3 Å². The molecule has 5 nitrogen and oxygen atoms in total. The van der Waals surface area contributed by atoms with Crippen molar-refractivity contribution in [2.24, 2.45) is 5.92 Å². The largest absolute Gasteiger partial charge is 0.455 e. The van der Waals surface area contributed by atoms with Crippen LogP contribution in [0, 0.1) is 23.5 Å². The number of thioether (sulfide) groups is 1. The van der Waals surface area contributed by atoms with Crippen molar-refractivity contribution in [2.75, 3.05) is 11.9 Å². The van der Waals surface area contributed by atoms with E-state index in [1.54, 1.807) is 12.1 Å². The van der Waals surface area contributed by atoms with Crippen LogP contribution in [0.1, 0.15) is 24.8 Å². The highest BCUT2D eigenvalue weighted by atomic mass is 32.2. The molecule has 0 heterocycles. The monoisotopic (exact) mass is 304 g/mol. The first-order valence-electron chi connectivity index (χ1n) is 6.73. The molecule has 0 atom stereocenters. The second kappa shape index (κ2) is 7.14. The van der Waals surface area contributed by atoms with E-state index in [0.29, 0.717) is 5.69 Å². The van der Waals surface area contributed by atoms with E-state index in [-0.39, 0.29) is 24.4 Å². The summed E-state index contributed by atoms with van der Waals surface area (Å²) in [6, 6.07) is 5.32. The molecule has 1 aromatic rings. The minimum absolute atomic E-state index is 0.0261. The molecule has 2 rings (SSSR count). The molecule has 0 spiro atoms. The first-order valence-corrected chi connectivity index (χ1v) is 7.55. The van der Waals surface area contributed by atoms with Gasteiger partial charge in [0.05, 0.1) is 5.92 Å². The average Bonchev–Trinajstić information content (AvgIpc) is 2.38. The van der Waals surface area contributed by atoms with Gasteiger partial charge in [0, 0.05) is 10.6 Å². The van der Waals surface area contributed by atoms with Gasteiger partial charge in [0.1, 0.15) is 5.40 Å². The second-order valence-electron chi connectivity index (χ2n) is 4.95. The highest BCUT2D eigenvalue weighted by Gasteiger charge is 2.27. The third-order valence-electron chi connectivity index (χ3n) is 3.42. The Balaban J connectivity index is 1.84. The van der Waals surface area contributed by atoms with Gasteiger partial charge in [0.2, 0.25) is 0 Å². The number of thiocyanates is 1. The molecule has 1 aromatic carbocycles. The van der Waals surface area contributed by atoms with Crippen molar-refractivity contribution in [3.63, 3.8) is 0 Å². The smallest absolute Gasteiger partial charge is 0.309 e. The molecule has 1 aliphatic carbocycles. The SMILES string of the molecule is Cc1cc(SC#N)ccc1NC(=O)COC(=O)C1CCC1. The number of ether oxygens (including phenoxy) is 1. The predicted molar refractivity (Wildman–Crippen MR) is 79.6 cm³/mol. The maximum Gasteiger partial charge on any atom is 0.309 e. The molecule has 1 aliphatic rings. The molecule has 110 valence electrons. The summed E-state index contributed by atoms with van der Waals surface area (Å²) < 4.78 is 4.98. The van der Waals surface area contributed by atoms with Gasteiger partial charge in [-0.2, -0.15) is 5.26 Å². The second-order valence-corrected chi connectivity index (χ2v) is 5.81. The summed E-state index contributed by atoms with van der Waals surface area (Å²) >= 11 is 1.07. The number of carbonyl (C=O) groups is 2. The van der Waals surface area contributed by atoms with Crippen molar-refractivity contribution in [3.05, 3.63) is 23.8 Å². The Labute approximate surface area is 127 Å². The third-order valence-corrected chi connectivity index (χ3v) is 4.00. The summed E-state index contributed by atoms with van der Waals surface area (Å²) in [5, 5.41) is 13.3. The zero-order chi connectivity index (χ0) is 15.2. The van der Waals surface area contributed by atoms with Gasteiger partial charge in [0.15, 0.2) is 6.61 Å². The van der Waals surface area contributed by atoms with Crippen LogP contribution in [-0.4, -0.2) is 18.5 Å². The molecule has 0 aromatic heterocycles. The van der Waals surface area contributed by atoms with E-state index < -0.39 is 0 Å². The van der Waals surface area contributed by atoms with Gasteiger partial charge in [-0.25, -0.2) is 0 Å². The van der Waals surface area contributed by atoms with E-state index in [1.165, 1.54) is 0 Å². The Hall–Kier alpha value is -2.00. The molecule has 0 radical (unpaired) electrons. The highest BCUT2D eigenvalue weighted by molar-refractivity contribution is 8.03. The Bertz CT molecular complexity index is 591. The fraction of sp³-hybridized carbons (Fsp3) is 0.400. The number of nitriles is 1. The van der Waals surface area contributed by atoms with E-state index in [0.717, 1.165) is 41.5 Å². The molecule has 21 heavy (non-hydrogen) atoms. The van der Waals surface area contributed by atoms with E-state index >= 15 is 0 Å². The van der Waals surface area contributed by atoms with Gasteiger partial charge in [0.25, 0.3) is 5.91 Å². The summed E-state index contributed by atoms with van der Waals surface area (Å²) in [6.45, 7) is 1.58. The highest BCUT2D eigenvalue weighted by Crippen LogP contribution is 2.27. The standard InChI is InChI=1S/C15H16N2O3S/c1-10-7-12(21-9-16)5-6-13(10)17-14(18)8-20-15(19)11-3-2-4-11/h5-7,11H,2-4,8H2,1H3,(H,17,18). The van der Waals surface area contributed by atoms with Crippen LogP contribution in [0.15, 0.2) is 23.1 Å². The average molecular weight is 304 g/mol. The lowest BCUT2D eigenvalue weighted by molar-refractivity contribution is -0.154. The number of amides is 1. The minimum Gasteiger partial charge on any atom is -0.455 e. The predicted octanol–water partition coefficient (Wildman–Crippen LogP) is 2.85. The molecule has 1 fully saturated rings. The molecule has 1 N–H and O–H groups in total. The molecule has 0 bridgehead atoms. The number of nitrogens with one attached hydrogen (secondary N) is 1. The molecule has 0 saturated heterocycles. The molecule has 6 heteroatoms. The Morgan fingerprint density at radius 2 is 2.24 bits per heavy atom. The number of hydrogen-bond donors (Lipinski definition) is 1. The molecule has 1 saturated carbocycles. The first kappa shape index (κ1) is 15.4. The topological polar surface area (TPSA) is 79.2 Å². The van der Waals surface area contributed by atoms with E-state index in [9.17, 15) is 9.59 Å². The van der Waals surface area contributed by atoms with Crippen molar-refractivity contribution in [2.45, 2.75) is 31.1 Å². The van der Waals surface area contributed by atoms with Crippen LogP contribution in [0.3, 0.4) is 0 Å². The quantitative estimate of drug-likeness (QED) is 0.514. The van der Waals surface area contributed by atoms with Crippen LogP contribution in [0.5, 0.6) is 0 Å². The fourth-order valence-electron chi connectivity index (χ4n) is 1.98. The number of benzene rings is 1. The minimum atomic E-state index is -0.355. The number of esters is 1. The van der Waals surface area contributed by atoms with Gasteiger partial charge in [-0.3, -0.25) is 9.59 Å². The lowest BCUT2D eigenvalue weighted by Gasteiger charge is -2.22. The summed E-state index contributed by atoms with van der Waals surface area (Å²) in [6.07, 6.45) is 2.77. The Morgan fingerprint density at radius 3 is 2.81 bits per heavy atom. The zero-order valence-corrected chi connectivity index (χ0v) is 12.5. The fourth-order valence-corrected chi connectivity index (χ4v) is 2.45. The molecule has 1 amide bonds. The maximum absolute atomic E-state index is 11.8. The van der Waals surface area contributed by atoms with Crippen molar-refractivity contribution in [1.82, 2.24) is 0 Å². The van der Waals surface area contributed by atoms with Gasteiger partial charge < -0.3 is 10.1 Å². The van der Waals surface area contributed by atoms with Crippen LogP contribution in [-0.2, 0) is 14.3 Å². The lowest BCUT2D eigenvalue weighted by atomic mass is 9.86. The van der Waals surface area contributed by atoms with Crippen molar-refractivity contribution in [3.8, 4) is 5.40 Å². The van der Waals surface area contributed by atoms with Gasteiger partial charge in [-0.05, 0) is 55.3 Å². The maximum atomic E-state index is 11.8. The van der Waals surface area contributed by atoms with E-state index in [2.05, 4.69) is 5.32 Å². The van der Waals surface area contributed by atoms with Crippen LogP contribution >= 0.6 is 11.8 Å². The Morgan fingerprint density at radius 1 is 1.48 bits per heavy atom. The number of hydrogen-bond acceptors (Lipinski definition) is 5. The number of carbonyl (C=O) groups excluding carboxylic acids is 2. The molecule has 0 unspecified atom stereocenters. The first-order chi connectivity index (χ1) is 10.1. The number of aryl methyl sites for hydroxylation is 1. The lowest BCUT2D eigenvalue weighted by Crippen LogP contribution is -2.28. The van der Waals surface area contributed by atoms with E-state index in [4.69, 9.17) is 10.00 Å². The van der Waals surface area contributed by atoms with Crippen LogP contribution in [0.4, 0.5) is 5.69 Å². The molecular weight excluding hydrogens is 288 g/mol. The normalized spacial score (nSPS) is 13.9. The summed E-state index contributed by atoms with van der Waals surface area (Å²) in [4.78, 5) is 24.1. The van der Waals surface area contributed by atoms with Gasteiger partial charge in [-0.15, -0.1) is 0 Å². The van der Waals surface area contributed by atoms with Crippen molar-refractivity contribution in [1.29, 1.82) is 5.26 Å². The van der Waals surface area contributed by atoms with Crippen LogP contribution in [0.2, 0.25) is 0 Å². The van der Waals surface area contributed by atoms with Gasteiger partial charge in [-0.1, -0.05) is 6.42 Å². The number of nitrogens with zero attached hydrogens (tertiary/aromatic N) is 1. The Kier molecular flexibility index (Phi) is 5.23. The van der Waals surface area contributed by atoms with Gasteiger partial charge >= 0.3 is 5.97 Å². The third kappa shape index (κ3) is 4.23. The number of rotatable bonds is 5. The summed E-state index contributed by atoms with van der Waals surface area (Å²) in [7, 11) is 0. The molecule has 0 aliphatic heterocycles.